The third-order valence-electron chi connectivity index (χ3n) is 3.37. The molecular formula is C15H27N5OS. The molecule has 124 valence electrons. The van der Waals surface area contributed by atoms with Gasteiger partial charge >= 0.3 is 0 Å². The molecule has 1 aromatic rings. The highest BCUT2D eigenvalue weighted by Crippen LogP contribution is 2.15. The highest BCUT2D eigenvalue weighted by molar-refractivity contribution is 7.11. The number of hydrogen-bond acceptors (Lipinski definition) is 4. The van der Waals surface area contributed by atoms with Crippen LogP contribution in [-0.4, -0.2) is 36.5 Å². The number of guanidine groups is 1. The average molecular weight is 325 g/mol. The number of rotatable bonds is 7. The summed E-state index contributed by atoms with van der Waals surface area (Å²) in [5, 5.41) is 10.3. The van der Waals surface area contributed by atoms with Crippen molar-refractivity contribution in [1.29, 1.82) is 0 Å². The van der Waals surface area contributed by atoms with Gasteiger partial charge in [-0.15, -0.1) is 11.3 Å². The van der Waals surface area contributed by atoms with Crippen molar-refractivity contribution < 1.29 is 4.79 Å². The molecule has 1 amide bonds. The molecule has 0 aliphatic carbocycles. The number of nitrogens with zero attached hydrogens (tertiary/aromatic N) is 2. The van der Waals surface area contributed by atoms with Gasteiger partial charge in [-0.2, -0.15) is 0 Å². The maximum absolute atomic E-state index is 11.7. The zero-order chi connectivity index (χ0) is 16.5. The topological polar surface area (TPSA) is 78.4 Å². The average Bonchev–Trinajstić information content (AvgIpc) is 2.81. The Balaban J connectivity index is 2.29. The molecule has 0 fully saturated rings. The monoisotopic (exact) mass is 325 g/mol. The molecule has 0 spiro atoms. The summed E-state index contributed by atoms with van der Waals surface area (Å²) in [6, 6.07) is 0.223. The highest BCUT2D eigenvalue weighted by Gasteiger charge is 2.07. The van der Waals surface area contributed by atoms with Gasteiger partial charge in [-0.25, -0.2) is 4.98 Å². The maximum atomic E-state index is 11.7. The van der Waals surface area contributed by atoms with Crippen LogP contribution in [0.25, 0.3) is 0 Å². The van der Waals surface area contributed by atoms with Gasteiger partial charge in [0.2, 0.25) is 5.91 Å². The van der Waals surface area contributed by atoms with Crippen molar-refractivity contribution in [2.75, 3.05) is 13.6 Å². The third kappa shape index (κ3) is 6.43. The van der Waals surface area contributed by atoms with Crippen molar-refractivity contribution in [1.82, 2.24) is 20.9 Å². The minimum atomic E-state index is 0.0588. The van der Waals surface area contributed by atoms with Crippen LogP contribution in [0.4, 0.5) is 0 Å². The quantitative estimate of drug-likeness (QED) is 0.527. The maximum Gasteiger partial charge on any atom is 0.221 e. The molecule has 0 saturated carbocycles. The molecule has 1 heterocycles. The molecule has 1 aromatic heterocycles. The van der Waals surface area contributed by atoms with Gasteiger partial charge in [-0.3, -0.25) is 9.79 Å². The number of nitrogens with one attached hydrogen (secondary N) is 3. The van der Waals surface area contributed by atoms with Crippen LogP contribution in [0, 0.1) is 13.8 Å². The van der Waals surface area contributed by atoms with Gasteiger partial charge in [0.05, 0.1) is 12.2 Å². The van der Waals surface area contributed by atoms with Gasteiger partial charge in [-0.1, -0.05) is 6.92 Å². The summed E-state index contributed by atoms with van der Waals surface area (Å²) >= 11 is 1.68. The first-order chi connectivity index (χ1) is 10.5. The summed E-state index contributed by atoms with van der Waals surface area (Å²) in [4.78, 5) is 21.5. The smallest absolute Gasteiger partial charge is 0.221 e. The summed E-state index contributed by atoms with van der Waals surface area (Å²) in [7, 11) is 1.72. The second kappa shape index (κ2) is 9.40. The van der Waals surface area contributed by atoms with Crippen LogP contribution in [0.15, 0.2) is 4.99 Å². The molecule has 1 rings (SSSR count). The van der Waals surface area contributed by atoms with Crippen molar-refractivity contribution in [3.8, 4) is 0 Å². The van der Waals surface area contributed by atoms with Crippen molar-refractivity contribution in [3.05, 3.63) is 15.6 Å². The third-order valence-corrected chi connectivity index (χ3v) is 4.44. The van der Waals surface area contributed by atoms with Gasteiger partial charge in [0.1, 0.15) is 5.01 Å². The first-order valence-corrected chi connectivity index (χ1v) is 8.44. The molecule has 0 aromatic carbocycles. The van der Waals surface area contributed by atoms with Gasteiger partial charge in [0.25, 0.3) is 0 Å². The molecule has 1 unspecified atom stereocenters. The molecule has 1 atom stereocenters. The number of amides is 1. The molecule has 6 nitrogen and oxygen atoms in total. The molecule has 0 bridgehead atoms. The molecule has 0 aliphatic rings. The Bertz CT molecular complexity index is 493. The van der Waals surface area contributed by atoms with Crippen LogP contribution in [0.3, 0.4) is 0 Å². The minimum Gasteiger partial charge on any atom is -0.356 e. The zero-order valence-corrected chi connectivity index (χ0v) is 14.9. The minimum absolute atomic E-state index is 0.0588. The van der Waals surface area contributed by atoms with Gasteiger partial charge < -0.3 is 16.0 Å². The first-order valence-electron chi connectivity index (χ1n) is 7.63. The van der Waals surface area contributed by atoms with Crippen LogP contribution >= 0.6 is 11.3 Å². The molecule has 22 heavy (non-hydrogen) atoms. The number of aryl methyl sites for hydroxylation is 2. The van der Waals surface area contributed by atoms with E-state index in [1.54, 1.807) is 18.4 Å². The Morgan fingerprint density at radius 1 is 1.36 bits per heavy atom. The van der Waals surface area contributed by atoms with E-state index in [2.05, 4.69) is 39.8 Å². The van der Waals surface area contributed by atoms with Gasteiger partial charge in [0.15, 0.2) is 5.96 Å². The summed E-state index contributed by atoms with van der Waals surface area (Å²) in [5.41, 5.74) is 1.08. The predicted molar refractivity (Wildman–Crippen MR) is 92.3 cm³/mol. The van der Waals surface area contributed by atoms with E-state index in [0.717, 1.165) is 17.1 Å². The van der Waals surface area contributed by atoms with E-state index < -0.39 is 0 Å². The summed E-state index contributed by atoms with van der Waals surface area (Å²) < 4.78 is 0. The number of hydrogen-bond donors (Lipinski definition) is 3. The fourth-order valence-electron chi connectivity index (χ4n) is 1.74. The molecule has 0 radical (unpaired) electrons. The van der Waals surface area contributed by atoms with E-state index in [9.17, 15) is 4.79 Å². The molecule has 7 heteroatoms. The summed E-state index contributed by atoms with van der Waals surface area (Å²) in [6.07, 6.45) is 1.37. The highest BCUT2D eigenvalue weighted by atomic mass is 32.1. The fraction of sp³-hybridized carbons (Fsp3) is 0.667. The van der Waals surface area contributed by atoms with Crippen LogP contribution in [0.2, 0.25) is 0 Å². The van der Waals surface area contributed by atoms with E-state index in [4.69, 9.17) is 0 Å². The van der Waals surface area contributed by atoms with E-state index in [-0.39, 0.29) is 11.9 Å². The van der Waals surface area contributed by atoms with E-state index >= 15 is 0 Å². The van der Waals surface area contributed by atoms with Crippen LogP contribution in [0.5, 0.6) is 0 Å². The van der Waals surface area contributed by atoms with E-state index in [1.807, 2.05) is 13.8 Å². The van der Waals surface area contributed by atoms with E-state index in [0.29, 0.717) is 25.5 Å². The molecule has 3 N–H and O–H groups in total. The Morgan fingerprint density at radius 2 is 2.09 bits per heavy atom. The lowest BCUT2D eigenvalue weighted by atomic mass is 10.2. The second-order valence-corrected chi connectivity index (χ2v) is 6.52. The first kappa shape index (κ1) is 18.4. The standard InChI is InChI=1S/C15H27N5OS/c1-6-10(2)19-13(21)7-8-17-15(16-5)18-9-14-20-11(3)12(4)22-14/h10H,6-9H2,1-5H3,(H,19,21)(H2,16,17,18). The van der Waals surface area contributed by atoms with Crippen LogP contribution in [0.1, 0.15) is 42.3 Å². The predicted octanol–water partition coefficient (Wildman–Crippen LogP) is 1.73. The van der Waals surface area contributed by atoms with Gasteiger partial charge in [0, 0.05) is 30.9 Å². The lowest BCUT2D eigenvalue weighted by Gasteiger charge is -2.13. The number of carbonyl (C=O) groups is 1. The number of aromatic nitrogens is 1. The number of aliphatic imine (C=N–C) groups is 1. The Kier molecular flexibility index (Phi) is 7.87. The zero-order valence-electron chi connectivity index (χ0n) is 14.1. The van der Waals surface area contributed by atoms with E-state index in [1.165, 1.54) is 4.88 Å². The van der Waals surface area contributed by atoms with Crippen molar-refractivity contribution in [2.24, 2.45) is 4.99 Å². The van der Waals surface area contributed by atoms with Crippen LogP contribution < -0.4 is 16.0 Å². The SMILES string of the molecule is CCC(C)NC(=O)CCNC(=NC)NCc1nc(C)c(C)s1. The molecule has 0 saturated heterocycles. The molecule has 0 aliphatic heterocycles. The lowest BCUT2D eigenvalue weighted by Crippen LogP contribution is -2.40. The second-order valence-electron chi connectivity index (χ2n) is 5.23. The lowest BCUT2D eigenvalue weighted by molar-refractivity contribution is -0.121. The van der Waals surface area contributed by atoms with Crippen molar-refractivity contribution in [2.45, 2.75) is 53.1 Å². The number of carbonyl (C=O) groups excluding carboxylic acids is 1. The number of thiazole rings is 1. The summed E-state index contributed by atoms with van der Waals surface area (Å²) in [6.45, 7) is 9.33. The Labute approximate surface area is 136 Å². The molecular weight excluding hydrogens is 298 g/mol. The normalized spacial score (nSPS) is 12.9. The summed E-state index contributed by atoms with van der Waals surface area (Å²) in [5.74, 6) is 0.741. The Morgan fingerprint density at radius 3 is 2.64 bits per heavy atom. The largest absolute Gasteiger partial charge is 0.356 e. The van der Waals surface area contributed by atoms with Crippen molar-refractivity contribution in [3.63, 3.8) is 0 Å². The van der Waals surface area contributed by atoms with Gasteiger partial charge in [-0.05, 0) is 27.2 Å². The van der Waals surface area contributed by atoms with Crippen molar-refractivity contribution >= 4 is 23.2 Å². The van der Waals surface area contributed by atoms with Crippen LogP contribution in [-0.2, 0) is 11.3 Å². The fourth-order valence-corrected chi connectivity index (χ4v) is 2.61. The Hall–Kier alpha value is -1.63.